The van der Waals surface area contributed by atoms with Gasteiger partial charge in [-0.25, -0.2) is 4.39 Å². The third-order valence-corrected chi connectivity index (χ3v) is 6.22. The predicted octanol–water partition coefficient (Wildman–Crippen LogP) is 3.01. The lowest BCUT2D eigenvalue weighted by molar-refractivity contribution is -0.124. The van der Waals surface area contributed by atoms with E-state index < -0.39 is 0 Å². The van der Waals surface area contributed by atoms with Crippen molar-refractivity contribution < 1.29 is 23.8 Å². The van der Waals surface area contributed by atoms with Gasteiger partial charge in [-0.1, -0.05) is 12.1 Å². The number of aliphatic hydroxyl groups excluding tert-OH is 1. The number of benzene rings is 2. The number of anilines is 1. The van der Waals surface area contributed by atoms with Crippen LogP contribution >= 0.6 is 11.8 Å². The van der Waals surface area contributed by atoms with Crippen molar-refractivity contribution in [3.63, 3.8) is 0 Å². The summed E-state index contributed by atoms with van der Waals surface area (Å²) in [5.41, 5.74) is 1.76. The van der Waals surface area contributed by atoms with E-state index in [9.17, 15) is 14.0 Å². The second-order valence-electron chi connectivity index (χ2n) is 7.47. The molecule has 2 saturated heterocycles. The van der Waals surface area contributed by atoms with E-state index in [0.717, 1.165) is 36.1 Å². The average molecular weight is 458 g/mol. The maximum absolute atomic E-state index is 13.1. The van der Waals surface area contributed by atoms with Gasteiger partial charge in [0.15, 0.2) is 0 Å². The first-order valence-corrected chi connectivity index (χ1v) is 11.2. The second-order valence-corrected chi connectivity index (χ2v) is 8.47. The first kappa shape index (κ1) is 22.3. The molecule has 0 atom stereocenters. The van der Waals surface area contributed by atoms with Gasteiger partial charge in [-0.15, -0.1) is 0 Å². The number of halogens is 1. The smallest absolute Gasteiger partial charge is 0.294 e. The Morgan fingerprint density at radius 1 is 1.00 bits per heavy atom. The van der Waals surface area contributed by atoms with E-state index in [4.69, 9.17) is 9.84 Å². The van der Waals surface area contributed by atoms with E-state index in [-0.39, 0.29) is 36.8 Å². The summed E-state index contributed by atoms with van der Waals surface area (Å²) in [4.78, 5) is 31.2. The highest BCUT2D eigenvalue weighted by molar-refractivity contribution is 8.18. The van der Waals surface area contributed by atoms with Crippen LogP contribution in [-0.2, 0) is 4.79 Å². The molecule has 2 amide bonds. The van der Waals surface area contributed by atoms with Crippen LogP contribution in [0.2, 0.25) is 0 Å². The minimum absolute atomic E-state index is 0.0593. The minimum Gasteiger partial charge on any atom is -0.491 e. The van der Waals surface area contributed by atoms with Crippen molar-refractivity contribution in [1.29, 1.82) is 0 Å². The Labute approximate surface area is 190 Å². The highest BCUT2D eigenvalue weighted by Crippen LogP contribution is 2.32. The second kappa shape index (κ2) is 10.2. The van der Waals surface area contributed by atoms with Crippen molar-refractivity contribution in [1.82, 2.24) is 9.80 Å². The van der Waals surface area contributed by atoms with Gasteiger partial charge in [0, 0.05) is 31.9 Å². The van der Waals surface area contributed by atoms with Gasteiger partial charge in [-0.2, -0.15) is 0 Å². The first-order valence-electron chi connectivity index (χ1n) is 10.4. The number of rotatable bonds is 7. The molecule has 2 fully saturated rings. The monoisotopic (exact) mass is 457 g/mol. The molecule has 32 heavy (non-hydrogen) atoms. The third kappa shape index (κ3) is 5.29. The SMILES string of the molecule is O=C1SC(=Cc2ccc(OCCO)cc2)C(=O)N1CN1CCN(c2ccc(F)cc2)CC1. The minimum atomic E-state index is -0.290. The lowest BCUT2D eigenvalue weighted by atomic mass is 10.2. The summed E-state index contributed by atoms with van der Waals surface area (Å²) in [7, 11) is 0. The van der Waals surface area contributed by atoms with Gasteiger partial charge in [0.1, 0.15) is 18.2 Å². The molecule has 2 aliphatic heterocycles. The highest BCUT2D eigenvalue weighted by Gasteiger charge is 2.36. The molecule has 1 N–H and O–H groups in total. The molecule has 0 radical (unpaired) electrons. The van der Waals surface area contributed by atoms with Crippen LogP contribution in [0.5, 0.6) is 5.75 Å². The van der Waals surface area contributed by atoms with Crippen LogP contribution in [0.1, 0.15) is 5.56 Å². The Bertz CT molecular complexity index is 989. The van der Waals surface area contributed by atoms with Crippen LogP contribution in [0.4, 0.5) is 14.9 Å². The summed E-state index contributed by atoms with van der Waals surface area (Å²) in [6, 6.07) is 13.5. The molecular weight excluding hydrogens is 433 g/mol. The number of hydrogen-bond donors (Lipinski definition) is 1. The molecule has 0 aliphatic carbocycles. The fourth-order valence-corrected chi connectivity index (χ4v) is 4.43. The number of aliphatic hydroxyl groups is 1. The van der Waals surface area contributed by atoms with Crippen LogP contribution in [0, 0.1) is 5.82 Å². The van der Waals surface area contributed by atoms with Crippen molar-refractivity contribution in [3.8, 4) is 5.75 Å². The summed E-state index contributed by atoms with van der Waals surface area (Å²) in [5.74, 6) is 0.0800. The molecule has 2 heterocycles. The normalized spacial score (nSPS) is 18.6. The maximum atomic E-state index is 13.1. The molecule has 2 aromatic rings. The molecule has 0 saturated carbocycles. The molecular formula is C23H24FN3O4S. The topological polar surface area (TPSA) is 73.3 Å². The number of thioether (sulfide) groups is 1. The van der Waals surface area contributed by atoms with E-state index >= 15 is 0 Å². The van der Waals surface area contributed by atoms with Crippen LogP contribution < -0.4 is 9.64 Å². The first-order chi connectivity index (χ1) is 15.5. The van der Waals surface area contributed by atoms with Gasteiger partial charge < -0.3 is 14.7 Å². The van der Waals surface area contributed by atoms with Crippen molar-refractivity contribution >= 4 is 34.7 Å². The Balaban J connectivity index is 1.33. The molecule has 0 unspecified atom stereocenters. The molecule has 0 bridgehead atoms. The average Bonchev–Trinajstić information content (AvgIpc) is 3.07. The molecule has 9 heteroatoms. The van der Waals surface area contributed by atoms with Crippen LogP contribution in [-0.4, -0.2) is 72.1 Å². The molecule has 2 aromatic carbocycles. The van der Waals surface area contributed by atoms with Gasteiger partial charge in [0.05, 0.1) is 18.2 Å². The van der Waals surface area contributed by atoms with Gasteiger partial charge in [0.25, 0.3) is 11.1 Å². The predicted molar refractivity (Wildman–Crippen MR) is 122 cm³/mol. The number of carbonyl (C=O) groups is 2. The number of ether oxygens (including phenoxy) is 1. The van der Waals surface area contributed by atoms with Crippen molar-refractivity contribution in [2.24, 2.45) is 0 Å². The zero-order valence-corrected chi connectivity index (χ0v) is 18.3. The fraction of sp³-hybridized carbons (Fsp3) is 0.304. The van der Waals surface area contributed by atoms with Crippen molar-refractivity contribution in [2.75, 3.05) is 51.0 Å². The van der Waals surface area contributed by atoms with Gasteiger partial charge in [-0.05, 0) is 59.8 Å². The van der Waals surface area contributed by atoms with Gasteiger partial charge in [-0.3, -0.25) is 19.4 Å². The molecule has 4 rings (SSSR count). The standard InChI is InChI=1S/C23H24FN3O4S/c24-18-3-5-19(6-4-18)26-11-9-25(10-12-26)16-27-22(29)21(32-23(27)30)15-17-1-7-20(8-2-17)31-14-13-28/h1-8,15,28H,9-14,16H2. The van der Waals surface area contributed by atoms with E-state index in [1.165, 1.54) is 17.0 Å². The van der Waals surface area contributed by atoms with E-state index in [2.05, 4.69) is 9.80 Å². The van der Waals surface area contributed by atoms with Gasteiger partial charge >= 0.3 is 0 Å². The van der Waals surface area contributed by atoms with Crippen LogP contribution in [0.3, 0.4) is 0 Å². The van der Waals surface area contributed by atoms with Crippen molar-refractivity contribution in [3.05, 3.63) is 64.8 Å². The Kier molecular flexibility index (Phi) is 7.09. The lowest BCUT2D eigenvalue weighted by Crippen LogP contribution is -2.50. The number of carbonyl (C=O) groups excluding carboxylic acids is 2. The summed E-state index contributed by atoms with van der Waals surface area (Å²) in [5, 5.41) is 8.54. The quantitative estimate of drug-likeness (QED) is 0.641. The number of amides is 2. The Morgan fingerprint density at radius 2 is 1.69 bits per heavy atom. The van der Waals surface area contributed by atoms with Gasteiger partial charge in [0.2, 0.25) is 0 Å². The Morgan fingerprint density at radius 3 is 2.34 bits per heavy atom. The summed E-state index contributed by atoms with van der Waals surface area (Å²) in [6.07, 6.45) is 1.70. The molecule has 2 aliphatic rings. The molecule has 7 nitrogen and oxygen atoms in total. The largest absolute Gasteiger partial charge is 0.491 e. The number of piperazine rings is 1. The van der Waals surface area contributed by atoms with E-state index in [0.29, 0.717) is 23.7 Å². The van der Waals surface area contributed by atoms with E-state index in [1.54, 1.807) is 42.5 Å². The summed E-state index contributed by atoms with van der Waals surface area (Å²) >= 11 is 0.944. The Hall–Kier alpha value is -2.88. The number of imide groups is 1. The summed E-state index contributed by atoms with van der Waals surface area (Å²) < 4.78 is 18.5. The fourth-order valence-electron chi connectivity index (χ4n) is 3.60. The highest BCUT2D eigenvalue weighted by atomic mass is 32.2. The lowest BCUT2D eigenvalue weighted by Gasteiger charge is -2.37. The van der Waals surface area contributed by atoms with Crippen molar-refractivity contribution in [2.45, 2.75) is 0 Å². The van der Waals surface area contributed by atoms with Crippen LogP contribution in [0.25, 0.3) is 6.08 Å². The molecule has 0 aromatic heterocycles. The zero-order valence-electron chi connectivity index (χ0n) is 17.4. The maximum Gasteiger partial charge on any atom is 0.294 e. The summed E-state index contributed by atoms with van der Waals surface area (Å²) in [6.45, 7) is 3.30. The molecule has 0 spiro atoms. The third-order valence-electron chi connectivity index (χ3n) is 5.32. The number of hydrogen-bond acceptors (Lipinski definition) is 7. The van der Waals surface area contributed by atoms with E-state index in [1.807, 2.05) is 0 Å². The number of nitrogens with zero attached hydrogens (tertiary/aromatic N) is 3. The zero-order chi connectivity index (χ0) is 22.5. The molecule has 168 valence electrons. The van der Waals surface area contributed by atoms with Crippen LogP contribution in [0.15, 0.2) is 53.4 Å².